The number of halogens is 4. The number of carbonyl (C=O) groups is 1. The second-order valence-electron chi connectivity index (χ2n) is 15.5. The molecule has 0 saturated carbocycles. The Morgan fingerprint density at radius 2 is 1.52 bits per heavy atom. The van der Waals surface area contributed by atoms with Gasteiger partial charge in [0.15, 0.2) is 0 Å². The van der Waals surface area contributed by atoms with E-state index in [-0.39, 0.29) is 17.6 Å². The van der Waals surface area contributed by atoms with Crippen LogP contribution in [0.15, 0.2) is 128 Å². The van der Waals surface area contributed by atoms with E-state index in [9.17, 15) is 18.0 Å². The number of nitrogens with one attached hydrogen (secondary N) is 2. The summed E-state index contributed by atoms with van der Waals surface area (Å²) >= 11 is 6.14. The van der Waals surface area contributed by atoms with E-state index in [0.29, 0.717) is 41.1 Å². The van der Waals surface area contributed by atoms with Crippen LogP contribution < -0.4 is 25.0 Å². The predicted molar refractivity (Wildman–Crippen MR) is 245 cm³/mol. The number of aromatic nitrogens is 6. The van der Waals surface area contributed by atoms with Gasteiger partial charge in [0.1, 0.15) is 35.0 Å². The first-order valence-corrected chi connectivity index (χ1v) is 21.5. The van der Waals surface area contributed by atoms with Crippen LogP contribution in [0.2, 0.25) is 5.02 Å². The lowest BCUT2D eigenvalue weighted by atomic mass is 9.89. The number of fused-ring (bicyclic) bond motifs is 2. The van der Waals surface area contributed by atoms with Gasteiger partial charge in [0.25, 0.3) is 5.91 Å². The number of pyridine rings is 1. The third-order valence-corrected chi connectivity index (χ3v) is 11.1. The number of para-hydroxylation sites is 1. The molecule has 9 rings (SSSR count). The maximum absolute atomic E-state index is 13.0. The molecule has 1 aliphatic rings. The molecule has 0 unspecified atom stereocenters. The highest BCUT2D eigenvalue weighted by molar-refractivity contribution is 6.30. The predicted octanol–water partition coefficient (Wildman–Crippen LogP) is 11.3. The van der Waals surface area contributed by atoms with Crippen molar-refractivity contribution in [2.24, 2.45) is 0 Å². The van der Waals surface area contributed by atoms with Gasteiger partial charge < -0.3 is 25.0 Å². The lowest BCUT2D eigenvalue weighted by Gasteiger charge is -2.34. The van der Waals surface area contributed by atoms with E-state index in [4.69, 9.17) is 16.3 Å². The fourth-order valence-electron chi connectivity index (χ4n) is 7.75. The lowest BCUT2D eigenvalue weighted by molar-refractivity contribution is -0.274. The Hall–Kier alpha value is -7.26. The highest BCUT2D eigenvalue weighted by Crippen LogP contribution is 2.33. The largest absolute Gasteiger partial charge is 0.573 e. The summed E-state index contributed by atoms with van der Waals surface area (Å²) < 4.78 is 48.6. The number of alkyl halides is 3. The summed E-state index contributed by atoms with van der Waals surface area (Å²) in [7, 11) is 0. The first kappa shape index (κ1) is 44.4. The molecule has 65 heavy (non-hydrogen) atoms. The number of ether oxygens (including phenoxy) is 2. The van der Waals surface area contributed by atoms with Crippen LogP contribution in [0.1, 0.15) is 64.4 Å². The maximum atomic E-state index is 13.0. The Labute approximate surface area is 378 Å². The quantitative estimate of drug-likeness (QED) is 0.129. The van der Waals surface area contributed by atoms with Crippen molar-refractivity contribution >= 4 is 51.3 Å². The van der Waals surface area contributed by atoms with Crippen LogP contribution in [0, 0.1) is 13.8 Å². The molecule has 0 bridgehead atoms. The van der Waals surface area contributed by atoms with Crippen LogP contribution in [0.5, 0.6) is 17.5 Å². The zero-order chi connectivity index (χ0) is 45.5. The van der Waals surface area contributed by atoms with Crippen LogP contribution >= 0.6 is 11.6 Å². The smallest absolute Gasteiger partial charge is 0.424 e. The SMILES string of the molecule is CCc1nc2ccc(Cl)cn2c1C(=O)NCc1ccc(N2CCC(c3ccc(OC(F)(F)F)cc3)CC2)cc1.Cc1cc(C)nc(Oc2ccc(Nc3ncnc4ccccc34)cc2)n1. The fourth-order valence-corrected chi connectivity index (χ4v) is 7.91. The Balaban J connectivity index is 0.000000192. The molecule has 12 nitrogen and oxygen atoms in total. The second-order valence-corrected chi connectivity index (χ2v) is 15.9. The molecule has 1 amide bonds. The Kier molecular flexibility index (Phi) is 13.4. The van der Waals surface area contributed by atoms with E-state index >= 15 is 0 Å². The standard InChI is InChI=1S/C29H28ClF3N4O2.C20H17N5O/c1-2-25-27(37-18-22(30)7-12-26(37)35-25)28(38)34-17-19-3-8-23(9-4-19)36-15-13-21(14-16-36)20-5-10-24(11-6-20)39-29(31,32)33;1-13-11-14(2)24-20(23-13)26-16-9-7-15(8-10-16)25-19-17-5-3-4-6-18(17)21-12-22-19/h3-12,18,21H,2,13-17H2,1H3,(H,34,38);3-12H,1-2H3,(H,21,22,25). The molecule has 4 aromatic carbocycles. The minimum atomic E-state index is -4.68. The first-order chi connectivity index (χ1) is 31.4. The minimum absolute atomic E-state index is 0.200. The molecular weight excluding hydrogens is 855 g/mol. The molecule has 4 aromatic heterocycles. The minimum Gasteiger partial charge on any atom is -0.424 e. The molecule has 16 heteroatoms. The van der Waals surface area contributed by atoms with Crippen LogP contribution in [0.3, 0.4) is 0 Å². The number of benzene rings is 4. The van der Waals surface area contributed by atoms with Gasteiger partial charge in [-0.05, 0) is 129 Å². The first-order valence-electron chi connectivity index (χ1n) is 21.1. The van der Waals surface area contributed by atoms with E-state index in [1.807, 2.05) is 87.5 Å². The molecule has 332 valence electrons. The monoisotopic (exact) mass is 899 g/mol. The van der Waals surface area contributed by atoms with Gasteiger partial charge >= 0.3 is 12.4 Å². The summed E-state index contributed by atoms with van der Waals surface area (Å²) in [5.74, 6) is 1.33. The summed E-state index contributed by atoms with van der Waals surface area (Å²) in [6.07, 6.45) is 1.01. The van der Waals surface area contributed by atoms with Gasteiger partial charge in [0, 0.05) is 54.0 Å². The molecule has 0 spiro atoms. The van der Waals surface area contributed by atoms with Gasteiger partial charge in [0.2, 0.25) is 0 Å². The van der Waals surface area contributed by atoms with Crippen molar-refractivity contribution in [1.29, 1.82) is 0 Å². The summed E-state index contributed by atoms with van der Waals surface area (Å²) in [6.45, 7) is 7.87. The third-order valence-electron chi connectivity index (χ3n) is 10.9. The number of rotatable bonds is 11. The van der Waals surface area contributed by atoms with Crippen molar-refractivity contribution in [3.8, 4) is 17.5 Å². The summed E-state index contributed by atoms with van der Waals surface area (Å²) in [6, 6.07) is 35.6. The van der Waals surface area contributed by atoms with E-state index < -0.39 is 6.36 Å². The molecular formula is C49H45ClF3N9O3. The molecule has 0 aliphatic carbocycles. The van der Waals surface area contributed by atoms with Crippen LogP contribution in [0.4, 0.5) is 30.4 Å². The maximum Gasteiger partial charge on any atom is 0.573 e. The number of imidazole rings is 1. The number of hydrogen-bond donors (Lipinski definition) is 2. The topological polar surface area (TPSA) is 132 Å². The number of aryl methyl sites for hydroxylation is 3. The molecule has 1 aliphatic heterocycles. The van der Waals surface area contributed by atoms with Crippen molar-refractivity contribution in [3.05, 3.63) is 167 Å². The van der Waals surface area contributed by atoms with Gasteiger partial charge in [0.05, 0.1) is 16.2 Å². The average Bonchev–Trinajstić information content (AvgIpc) is 3.67. The van der Waals surface area contributed by atoms with Crippen molar-refractivity contribution < 1.29 is 27.4 Å². The van der Waals surface area contributed by atoms with Gasteiger partial charge in [-0.3, -0.25) is 9.20 Å². The fraction of sp³-hybridized carbons (Fsp3) is 0.224. The van der Waals surface area contributed by atoms with E-state index in [1.54, 1.807) is 41.2 Å². The van der Waals surface area contributed by atoms with Crippen molar-refractivity contribution in [2.75, 3.05) is 23.3 Å². The highest BCUT2D eigenvalue weighted by atomic mass is 35.5. The molecule has 1 fully saturated rings. The zero-order valence-electron chi connectivity index (χ0n) is 35.8. The Morgan fingerprint density at radius 1 is 0.831 bits per heavy atom. The van der Waals surface area contributed by atoms with Gasteiger partial charge in [-0.1, -0.05) is 54.9 Å². The van der Waals surface area contributed by atoms with Gasteiger partial charge in [-0.25, -0.2) is 24.9 Å². The van der Waals surface area contributed by atoms with Crippen LogP contribution in [-0.4, -0.2) is 54.7 Å². The summed E-state index contributed by atoms with van der Waals surface area (Å²) in [4.78, 5) is 37.1. The van der Waals surface area contributed by atoms with Gasteiger partial charge in [-0.15, -0.1) is 13.2 Å². The Bertz CT molecular complexity index is 2880. The molecule has 1 saturated heterocycles. The summed E-state index contributed by atoms with van der Waals surface area (Å²) in [5, 5.41) is 7.82. The Morgan fingerprint density at radius 3 is 2.22 bits per heavy atom. The van der Waals surface area contributed by atoms with E-state index in [1.165, 1.54) is 12.1 Å². The molecule has 0 atom stereocenters. The van der Waals surface area contributed by atoms with Crippen LogP contribution in [-0.2, 0) is 13.0 Å². The number of anilines is 3. The number of amides is 1. The molecule has 5 heterocycles. The zero-order valence-corrected chi connectivity index (χ0v) is 36.6. The normalized spacial score (nSPS) is 13.0. The number of hydrogen-bond acceptors (Lipinski definition) is 10. The third kappa shape index (κ3) is 11.3. The number of piperidine rings is 1. The number of carbonyl (C=O) groups excluding carboxylic acids is 1. The lowest BCUT2D eigenvalue weighted by Crippen LogP contribution is -2.32. The van der Waals surface area contributed by atoms with Crippen molar-refractivity contribution in [3.63, 3.8) is 0 Å². The van der Waals surface area contributed by atoms with Crippen molar-refractivity contribution in [1.82, 2.24) is 34.6 Å². The molecule has 2 N–H and O–H groups in total. The van der Waals surface area contributed by atoms with Crippen molar-refractivity contribution in [2.45, 2.75) is 58.9 Å². The molecule has 8 aromatic rings. The number of nitrogens with zero attached hydrogens (tertiary/aromatic N) is 7. The molecule has 0 radical (unpaired) electrons. The van der Waals surface area contributed by atoms with E-state index in [0.717, 1.165) is 82.2 Å². The summed E-state index contributed by atoms with van der Waals surface area (Å²) in [5.41, 5.74) is 8.56. The van der Waals surface area contributed by atoms with Crippen LogP contribution in [0.25, 0.3) is 16.6 Å². The highest BCUT2D eigenvalue weighted by Gasteiger charge is 2.31. The second kappa shape index (κ2) is 19.6. The average molecular weight is 900 g/mol. The van der Waals surface area contributed by atoms with Gasteiger partial charge in [-0.2, -0.15) is 0 Å². The van der Waals surface area contributed by atoms with E-state index in [2.05, 4.69) is 57.3 Å².